The third-order valence-corrected chi connectivity index (χ3v) is 9.04. The van der Waals surface area contributed by atoms with Crippen LogP contribution in [-0.4, -0.2) is 40.3 Å². The van der Waals surface area contributed by atoms with Gasteiger partial charge in [-0.3, -0.25) is 4.31 Å². The summed E-state index contributed by atoms with van der Waals surface area (Å²) in [6, 6.07) is 12.8. The second-order valence-electron chi connectivity index (χ2n) is 7.07. The van der Waals surface area contributed by atoms with Gasteiger partial charge in [0.1, 0.15) is 0 Å². The predicted octanol–water partition coefficient (Wildman–Crippen LogP) is 2.61. The molecule has 27 heavy (non-hydrogen) atoms. The third kappa shape index (κ3) is 3.05. The van der Waals surface area contributed by atoms with E-state index >= 15 is 0 Å². The molecule has 0 saturated carbocycles. The quantitative estimate of drug-likeness (QED) is 0.782. The molecule has 6 nitrogen and oxygen atoms in total. The maximum absolute atomic E-state index is 13.1. The van der Waals surface area contributed by atoms with E-state index in [1.807, 2.05) is 6.92 Å². The SMILES string of the molecule is C[C@@H]1Cc2cc(S(=O)(=O)N3CCCC3)ccc2N1S(=O)(=O)c1ccccc1. The monoisotopic (exact) mass is 406 g/mol. The van der Waals surface area contributed by atoms with Crippen molar-refractivity contribution < 1.29 is 16.8 Å². The van der Waals surface area contributed by atoms with Gasteiger partial charge in [0, 0.05) is 19.1 Å². The largest absolute Gasteiger partial charge is 0.264 e. The number of anilines is 1. The number of sulfonamides is 2. The maximum atomic E-state index is 13.1. The van der Waals surface area contributed by atoms with E-state index in [1.54, 1.807) is 42.5 Å². The van der Waals surface area contributed by atoms with Crippen molar-refractivity contribution >= 4 is 25.7 Å². The maximum Gasteiger partial charge on any atom is 0.264 e. The van der Waals surface area contributed by atoms with Gasteiger partial charge in [0.05, 0.1) is 15.5 Å². The van der Waals surface area contributed by atoms with Crippen LogP contribution in [0.5, 0.6) is 0 Å². The molecular weight excluding hydrogens is 384 g/mol. The molecule has 1 atom stereocenters. The molecule has 0 radical (unpaired) electrons. The molecule has 1 saturated heterocycles. The van der Waals surface area contributed by atoms with E-state index in [9.17, 15) is 16.8 Å². The molecule has 1 fully saturated rings. The van der Waals surface area contributed by atoms with E-state index in [4.69, 9.17) is 0 Å². The van der Waals surface area contributed by atoms with Gasteiger partial charge in [-0.15, -0.1) is 0 Å². The van der Waals surface area contributed by atoms with Crippen LogP contribution in [0.4, 0.5) is 5.69 Å². The Hall–Kier alpha value is -1.90. The van der Waals surface area contributed by atoms with Gasteiger partial charge in [0.15, 0.2) is 0 Å². The number of nitrogens with zero attached hydrogens (tertiary/aromatic N) is 2. The van der Waals surface area contributed by atoms with Crippen molar-refractivity contribution in [3.05, 3.63) is 54.1 Å². The minimum absolute atomic E-state index is 0.235. The van der Waals surface area contributed by atoms with Crippen molar-refractivity contribution in [3.8, 4) is 0 Å². The molecule has 2 heterocycles. The molecule has 2 aliphatic rings. The van der Waals surface area contributed by atoms with E-state index in [0.29, 0.717) is 25.2 Å². The number of benzene rings is 2. The number of fused-ring (bicyclic) bond motifs is 1. The molecule has 2 aliphatic heterocycles. The van der Waals surface area contributed by atoms with E-state index < -0.39 is 20.0 Å². The zero-order valence-electron chi connectivity index (χ0n) is 15.1. The minimum atomic E-state index is -3.69. The lowest BCUT2D eigenvalue weighted by molar-refractivity contribution is 0.477. The fourth-order valence-electron chi connectivity index (χ4n) is 3.89. The molecule has 0 aliphatic carbocycles. The number of hydrogen-bond donors (Lipinski definition) is 0. The first kappa shape index (κ1) is 18.5. The summed E-state index contributed by atoms with van der Waals surface area (Å²) < 4.78 is 54.7. The first-order chi connectivity index (χ1) is 12.8. The van der Waals surface area contributed by atoms with Gasteiger partial charge in [-0.1, -0.05) is 18.2 Å². The Morgan fingerprint density at radius 1 is 0.852 bits per heavy atom. The average Bonchev–Trinajstić information content (AvgIpc) is 3.29. The zero-order valence-corrected chi connectivity index (χ0v) is 16.7. The number of hydrogen-bond acceptors (Lipinski definition) is 4. The smallest absolute Gasteiger partial charge is 0.263 e. The van der Waals surface area contributed by atoms with E-state index in [2.05, 4.69) is 0 Å². The van der Waals surface area contributed by atoms with Crippen LogP contribution in [0.2, 0.25) is 0 Å². The Morgan fingerprint density at radius 2 is 1.52 bits per heavy atom. The second kappa shape index (κ2) is 6.61. The number of rotatable bonds is 4. The van der Waals surface area contributed by atoms with Gasteiger partial charge in [-0.25, -0.2) is 16.8 Å². The Balaban J connectivity index is 1.74. The van der Waals surface area contributed by atoms with Gasteiger partial charge in [0.25, 0.3) is 10.0 Å². The van der Waals surface area contributed by atoms with Gasteiger partial charge < -0.3 is 0 Å². The fraction of sp³-hybridized carbons (Fsp3) is 0.368. The Kier molecular flexibility index (Phi) is 4.52. The zero-order chi connectivity index (χ0) is 19.2. The van der Waals surface area contributed by atoms with Crippen LogP contribution < -0.4 is 4.31 Å². The Morgan fingerprint density at radius 3 is 2.19 bits per heavy atom. The normalized spacial score (nSPS) is 20.8. The van der Waals surface area contributed by atoms with Crippen molar-refractivity contribution in [2.24, 2.45) is 0 Å². The van der Waals surface area contributed by atoms with Crippen molar-refractivity contribution in [2.45, 2.75) is 42.0 Å². The van der Waals surface area contributed by atoms with Crippen LogP contribution in [0.25, 0.3) is 0 Å². The van der Waals surface area contributed by atoms with Crippen LogP contribution in [0.1, 0.15) is 25.3 Å². The summed E-state index contributed by atoms with van der Waals surface area (Å²) in [5, 5.41) is 0. The molecule has 0 aromatic heterocycles. The highest BCUT2D eigenvalue weighted by Gasteiger charge is 2.37. The molecule has 4 rings (SSSR count). The van der Waals surface area contributed by atoms with Crippen molar-refractivity contribution in [1.82, 2.24) is 4.31 Å². The highest BCUT2D eigenvalue weighted by atomic mass is 32.2. The highest BCUT2D eigenvalue weighted by Crippen LogP contribution is 2.38. The van der Waals surface area contributed by atoms with Crippen molar-refractivity contribution in [1.29, 1.82) is 0 Å². The molecule has 8 heteroatoms. The van der Waals surface area contributed by atoms with Gasteiger partial charge >= 0.3 is 0 Å². The summed E-state index contributed by atoms with van der Waals surface area (Å²) in [5.41, 5.74) is 1.31. The molecule has 2 aromatic carbocycles. The summed E-state index contributed by atoms with van der Waals surface area (Å²) in [4.78, 5) is 0.479. The first-order valence-electron chi connectivity index (χ1n) is 9.04. The van der Waals surface area contributed by atoms with Gasteiger partial charge in [0.2, 0.25) is 10.0 Å². The molecule has 0 bridgehead atoms. The van der Waals surface area contributed by atoms with E-state index in [-0.39, 0.29) is 15.8 Å². The molecule has 2 aromatic rings. The summed E-state index contributed by atoms with van der Waals surface area (Å²) in [5.74, 6) is 0. The third-order valence-electron chi connectivity index (χ3n) is 5.21. The molecular formula is C19H22N2O4S2. The highest BCUT2D eigenvalue weighted by molar-refractivity contribution is 7.93. The summed E-state index contributed by atoms with van der Waals surface area (Å²) in [6.07, 6.45) is 2.25. The van der Waals surface area contributed by atoms with Crippen LogP contribution in [0.3, 0.4) is 0 Å². The molecule has 0 amide bonds. The summed E-state index contributed by atoms with van der Waals surface area (Å²) in [6.45, 7) is 2.93. The Labute approximate surface area is 160 Å². The van der Waals surface area contributed by atoms with Crippen LogP contribution in [0.15, 0.2) is 58.3 Å². The second-order valence-corrected chi connectivity index (χ2v) is 10.8. The molecule has 144 valence electrons. The van der Waals surface area contributed by atoms with E-state index in [0.717, 1.165) is 18.4 Å². The fourth-order valence-corrected chi connectivity index (χ4v) is 7.17. The van der Waals surface area contributed by atoms with Gasteiger partial charge in [-0.05, 0) is 62.1 Å². The van der Waals surface area contributed by atoms with Crippen molar-refractivity contribution in [3.63, 3.8) is 0 Å². The van der Waals surface area contributed by atoms with Crippen LogP contribution in [0, 0.1) is 0 Å². The molecule has 0 spiro atoms. The van der Waals surface area contributed by atoms with Gasteiger partial charge in [-0.2, -0.15) is 4.31 Å². The van der Waals surface area contributed by atoms with E-state index in [1.165, 1.54) is 14.7 Å². The van der Waals surface area contributed by atoms with Crippen LogP contribution in [-0.2, 0) is 26.5 Å². The lowest BCUT2D eigenvalue weighted by Gasteiger charge is -2.24. The summed E-state index contributed by atoms with van der Waals surface area (Å²) >= 11 is 0. The average molecular weight is 407 g/mol. The predicted molar refractivity (Wildman–Crippen MR) is 104 cm³/mol. The first-order valence-corrected chi connectivity index (χ1v) is 11.9. The minimum Gasteiger partial charge on any atom is -0.263 e. The van der Waals surface area contributed by atoms with Crippen molar-refractivity contribution in [2.75, 3.05) is 17.4 Å². The topological polar surface area (TPSA) is 74.8 Å². The summed E-state index contributed by atoms with van der Waals surface area (Å²) in [7, 11) is -7.21. The van der Waals surface area contributed by atoms with Crippen LogP contribution >= 0.6 is 0 Å². The lowest BCUT2D eigenvalue weighted by atomic mass is 10.1. The molecule has 0 unspecified atom stereocenters. The standard InChI is InChI=1S/C19H22N2O4S2/c1-15-13-16-14-18(26(22,23)20-11-5-6-12-20)9-10-19(16)21(15)27(24,25)17-7-3-2-4-8-17/h2-4,7-10,14-15H,5-6,11-13H2,1H3/t15-/m1/s1. The Bertz CT molecular complexity index is 1060. The molecule has 0 N–H and O–H groups in total. The lowest BCUT2D eigenvalue weighted by Crippen LogP contribution is -2.35.